The van der Waals surface area contributed by atoms with Crippen LogP contribution in [0.4, 0.5) is 0 Å². The van der Waals surface area contributed by atoms with E-state index >= 15 is 0 Å². The van der Waals surface area contributed by atoms with Gasteiger partial charge in [-0.1, -0.05) is 133 Å². The lowest BCUT2D eigenvalue weighted by Gasteiger charge is -2.19. The van der Waals surface area contributed by atoms with Crippen molar-refractivity contribution in [3.63, 3.8) is 0 Å². The summed E-state index contributed by atoms with van der Waals surface area (Å²) in [6.45, 7) is 5.18. The zero-order chi connectivity index (χ0) is 30.0. The van der Waals surface area contributed by atoms with E-state index in [2.05, 4.69) is 120 Å². The molecule has 1 atom stereocenters. The lowest BCUT2D eigenvalue weighted by Crippen LogP contribution is -2.23. The second-order valence-electron chi connectivity index (χ2n) is 11.5. The molecule has 0 radical (unpaired) electrons. The Balaban J connectivity index is 1.36. The summed E-state index contributed by atoms with van der Waals surface area (Å²) >= 11 is 0. The Kier molecular flexibility index (Phi) is 7.43. The second-order valence-corrected chi connectivity index (χ2v) is 11.5. The molecule has 0 aliphatic rings. The predicted octanol–water partition coefficient (Wildman–Crippen LogP) is 9.18. The van der Waals surface area contributed by atoms with Gasteiger partial charge in [-0.15, -0.1) is 0 Å². The number of aliphatic hydroxyl groups excluding tert-OH is 1. The number of hydrogen-bond donors (Lipinski definition) is 1. The first-order valence-corrected chi connectivity index (χ1v) is 15.2. The summed E-state index contributed by atoms with van der Waals surface area (Å²) in [6.07, 6.45) is 1.20. The van der Waals surface area contributed by atoms with Gasteiger partial charge in [0, 0.05) is 22.1 Å². The fraction of sp³-hybridized carbons (Fsp3) is 0.125. The van der Waals surface area contributed by atoms with Crippen LogP contribution in [0.2, 0.25) is 0 Å². The summed E-state index contributed by atoms with van der Waals surface area (Å²) < 4.78 is 4.44. The summed E-state index contributed by atoms with van der Waals surface area (Å²) in [5.74, 6) is 0. The minimum atomic E-state index is -0.669. The average molecular weight is 574 g/mol. The molecule has 216 valence electrons. The number of fused-ring (bicyclic) bond motifs is 1. The molecule has 2 aromatic heterocycles. The molecule has 7 aromatic rings. The zero-order valence-electron chi connectivity index (χ0n) is 25.1. The van der Waals surface area contributed by atoms with E-state index in [9.17, 15) is 5.11 Å². The number of aliphatic hydroxyl groups is 1. The highest BCUT2D eigenvalue weighted by Gasteiger charge is 2.24. The number of imidazole rings is 1. The zero-order valence-corrected chi connectivity index (χ0v) is 25.1. The number of rotatable bonds is 8. The first kappa shape index (κ1) is 27.6. The smallest absolute Gasteiger partial charge is 0.0963 e. The standard InChI is InChI=1S/C40H35N3O/c1-28-23-29(2)38-35(24-28)36(30-15-7-3-8-16-30)39(32-19-11-5-12-20-32)43(38)26-34(44)25-42-27-41-37(31-17-9-4-10-18-31)40(42)33-21-13-6-14-22-33/h3-24,27,34,44H,25-26H2,1-2H3/t34-/m1/s1. The highest BCUT2D eigenvalue weighted by molar-refractivity contribution is 6.06. The van der Waals surface area contributed by atoms with E-state index < -0.39 is 6.10 Å². The fourth-order valence-corrected chi connectivity index (χ4v) is 6.58. The number of benzene rings is 5. The Labute approximate surface area is 258 Å². The van der Waals surface area contributed by atoms with Gasteiger partial charge in [-0.3, -0.25) is 0 Å². The Morgan fingerprint density at radius 3 is 1.73 bits per heavy atom. The molecular weight excluding hydrogens is 538 g/mol. The molecule has 0 aliphatic heterocycles. The average Bonchev–Trinajstić information content (AvgIpc) is 3.61. The van der Waals surface area contributed by atoms with Crippen molar-refractivity contribution >= 4 is 10.9 Å². The quantitative estimate of drug-likeness (QED) is 0.197. The molecular formula is C40H35N3O. The maximum absolute atomic E-state index is 11.9. The van der Waals surface area contributed by atoms with Crippen LogP contribution in [0.1, 0.15) is 11.1 Å². The fourth-order valence-electron chi connectivity index (χ4n) is 6.58. The Morgan fingerprint density at radius 1 is 0.614 bits per heavy atom. The number of aromatic nitrogens is 3. The first-order chi connectivity index (χ1) is 21.6. The lowest BCUT2D eigenvalue weighted by molar-refractivity contribution is 0.137. The monoisotopic (exact) mass is 573 g/mol. The first-order valence-electron chi connectivity index (χ1n) is 15.2. The van der Waals surface area contributed by atoms with Crippen molar-refractivity contribution in [3.8, 4) is 44.9 Å². The van der Waals surface area contributed by atoms with Crippen LogP contribution in [0.5, 0.6) is 0 Å². The van der Waals surface area contributed by atoms with Crippen LogP contribution in [-0.2, 0) is 13.1 Å². The molecule has 5 aromatic carbocycles. The molecule has 0 saturated heterocycles. The van der Waals surface area contributed by atoms with E-state index in [-0.39, 0.29) is 0 Å². The summed E-state index contributed by atoms with van der Waals surface area (Å²) in [4.78, 5) is 4.85. The Morgan fingerprint density at radius 2 is 1.14 bits per heavy atom. The molecule has 0 bridgehead atoms. The molecule has 7 rings (SSSR count). The molecule has 0 saturated carbocycles. The third-order valence-electron chi connectivity index (χ3n) is 8.33. The van der Waals surface area contributed by atoms with Crippen molar-refractivity contribution in [3.05, 3.63) is 151 Å². The van der Waals surface area contributed by atoms with Crippen molar-refractivity contribution < 1.29 is 5.11 Å². The van der Waals surface area contributed by atoms with Gasteiger partial charge >= 0.3 is 0 Å². The van der Waals surface area contributed by atoms with Crippen LogP contribution in [0.15, 0.2) is 140 Å². The van der Waals surface area contributed by atoms with E-state index in [0.717, 1.165) is 39.3 Å². The lowest BCUT2D eigenvalue weighted by atomic mass is 9.97. The predicted molar refractivity (Wildman–Crippen MR) is 181 cm³/mol. The van der Waals surface area contributed by atoms with Gasteiger partial charge in [0.2, 0.25) is 0 Å². The SMILES string of the molecule is Cc1cc(C)c2c(c1)c(-c1ccccc1)c(-c1ccccc1)n2C[C@H](O)Cn1cnc(-c2ccccc2)c1-c1ccccc1. The van der Waals surface area contributed by atoms with Crippen LogP contribution in [0.3, 0.4) is 0 Å². The molecule has 44 heavy (non-hydrogen) atoms. The van der Waals surface area contributed by atoms with E-state index in [1.165, 1.54) is 27.6 Å². The van der Waals surface area contributed by atoms with Gasteiger partial charge in [-0.2, -0.15) is 0 Å². The van der Waals surface area contributed by atoms with Crippen molar-refractivity contribution in [2.75, 3.05) is 0 Å². The minimum Gasteiger partial charge on any atom is -0.389 e. The van der Waals surface area contributed by atoms with Crippen molar-refractivity contribution in [1.29, 1.82) is 0 Å². The second kappa shape index (κ2) is 11.8. The van der Waals surface area contributed by atoms with E-state index in [0.29, 0.717) is 13.1 Å². The van der Waals surface area contributed by atoms with E-state index in [1.54, 1.807) is 0 Å². The van der Waals surface area contributed by atoms with Crippen LogP contribution >= 0.6 is 0 Å². The van der Waals surface area contributed by atoms with E-state index in [1.807, 2.05) is 42.7 Å². The van der Waals surface area contributed by atoms with Crippen molar-refractivity contribution in [2.45, 2.75) is 33.0 Å². The van der Waals surface area contributed by atoms with E-state index in [4.69, 9.17) is 4.98 Å². The summed E-state index contributed by atoms with van der Waals surface area (Å²) in [7, 11) is 0. The van der Waals surface area contributed by atoms with Crippen molar-refractivity contribution in [1.82, 2.24) is 14.1 Å². The number of nitrogens with zero attached hydrogens (tertiary/aromatic N) is 3. The molecule has 0 amide bonds. The molecule has 0 unspecified atom stereocenters. The van der Waals surface area contributed by atoms with Crippen LogP contribution in [-0.4, -0.2) is 25.3 Å². The Hall–Kier alpha value is -5.19. The number of hydrogen-bond acceptors (Lipinski definition) is 2. The molecule has 2 heterocycles. The normalized spacial score (nSPS) is 12.1. The summed E-state index contributed by atoms with van der Waals surface area (Å²) in [5, 5.41) is 13.1. The highest BCUT2D eigenvalue weighted by Crippen LogP contribution is 2.43. The van der Waals surface area contributed by atoms with Gasteiger partial charge < -0.3 is 14.2 Å². The maximum Gasteiger partial charge on any atom is 0.0963 e. The summed E-state index contributed by atoms with van der Waals surface area (Å²) in [6, 6.07) is 46.3. The minimum absolute atomic E-state index is 0.406. The number of aryl methyl sites for hydroxylation is 2. The maximum atomic E-state index is 11.9. The molecule has 0 fully saturated rings. The molecule has 4 nitrogen and oxygen atoms in total. The van der Waals surface area contributed by atoms with Gasteiger partial charge in [0.05, 0.1) is 48.1 Å². The van der Waals surface area contributed by atoms with Crippen LogP contribution in [0, 0.1) is 13.8 Å². The van der Waals surface area contributed by atoms with Gasteiger partial charge in [0.25, 0.3) is 0 Å². The molecule has 1 N–H and O–H groups in total. The third-order valence-corrected chi connectivity index (χ3v) is 8.33. The molecule has 0 aliphatic carbocycles. The van der Waals surface area contributed by atoms with Gasteiger partial charge in [0.15, 0.2) is 0 Å². The topological polar surface area (TPSA) is 43.0 Å². The van der Waals surface area contributed by atoms with Gasteiger partial charge in [-0.05, 0) is 36.6 Å². The highest BCUT2D eigenvalue weighted by atomic mass is 16.3. The largest absolute Gasteiger partial charge is 0.389 e. The Bertz CT molecular complexity index is 2030. The van der Waals surface area contributed by atoms with Crippen molar-refractivity contribution in [2.24, 2.45) is 0 Å². The van der Waals surface area contributed by atoms with Crippen LogP contribution < -0.4 is 0 Å². The summed E-state index contributed by atoms with van der Waals surface area (Å²) in [5.41, 5.74) is 12.3. The van der Waals surface area contributed by atoms with Crippen LogP contribution in [0.25, 0.3) is 55.8 Å². The third kappa shape index (κ3) is 5.14. The molecule has 4 heteroatoms. The molecule has 0 spiro atoms. The van der Waals surface area contributed by atoms with Gasteiger partial charge in [0.1, 0.15) is 0 Å². The van der Waals surface area contributed by atoms with Gasteiger partial charge in [-0.25, -0.2) is 4.98 Å².